The number of aromatic carboxylic acids is 1. The van der Waals surface area contributed by atoms with Gasteiger partial charge in [-0.05, 0) is 17.7 Å². The van der Waals surface area contributed by atoms with Gasteiger partial charge in [0.05, 0.1) is 20.3 Å². The summed E-state index contributed by atoms with van der Waals surface area (Å²) in [7, 11) is 1.48. The van der Waals surface area contributed by atoms with Gasteiger partial charge in [-0.3, -0.25) is 4.90 Å². The van der Waals surface area contributed by atoms with Crippen molar-refractivity contribution < 1.29 is 19.4 Å². The van der Waals surface area contributed by atoms with Crippen molar-refractivity contribution in [3.8, 4) is 5.75 Å². The van der Waals surface area contributed by atoms with E-state index in [4.69, 9.17) is 14.6 Å². The van der Waals surface area contributed by atoms with Gasteiger partial charge in [0.15, 0.2) is 0 Å². The summed E-state index contributed by atoms with van der Waals surface area (Å²) in [5.41, 5.74) is 1.19. The fourth-order valence-electron chi connectivity index (χ4n) is 2.04. The van der Waals surface area contributed by atoms with Crippen molar-refractivity contribution in [2.45, 2.75) is 6.54 Å². The zero-order chi connectivity index (χ0) is 13.0. The van der Waals surface area contributed by atoms with Crippen LogP contribution in [0.2, 0.25) is 0 Å². The molecule has 1 heterocycles. The molecule has 98 valence electrons. The van der Waals surface area contributed by atoms with Gasteiger partial charge in [0.2, 0.25) is 0 Å². The van der Waals surface area contributed by atoms with E-state index in [1.807, 2.05) is 6.07 Å². The largest absolute Gasteiger partial charge is 0.496 e. The second-order valence-electron chi connectivity index (χ2n) is 4.23. The first-order valence-electron chi connectivity index (χ1n) is 5.91. The fraction of sp³-hybridized carbons (Fsp3) is 0.462. The Balaban J connectivity index is 2.13. The molecule has 0 atom stereocenters. The highest BCUT2D eigenvalue weighted by atomic mass is 16.5. The standard InChI is InChI=1S/C13H17NO4/c1-17-12-3-2-10(8-11(12)13(15)16)9-14-4-6-18-7-5-14/h2-3,8H,4-7,9H2,1H3,(H,15,16). The van der Waals surface area contributed by atoms with Crippen LogP contribution in [0.5, 0.6) is 5.75 Å². The van der Waals surface area contributed by atoms with Crippen LogP contribution in [0, 0.1) is 0 Å². The lowest BCUT2D eigenvalue weighted by atomic mass is 10.1. The fourth-order valence-corrected chi connectivity index (χ4v) is 2.04. The predicted octanol–water partition coefficient (Wildman–Crippen LogP) is 1.23. The van der Waals surface area contributed by atoms with Crippen LogP contribution in [0.4, 0.5) is 0 Å². The third-order valence-electron chi connectivity index (χ3n) is 3.00. The molecule has 0 spiro atoms. The number of nitrogens with zero attached hydrogens (tertiary/aromatic N) is 1. The van der Waals surface area contributed by atoms with Crippen LogP contribution in [-0.2, 0) is 11.3 Å². The molecule has 1 fully saturated rings. The van der Waals surface area contributed by atoms with Gasteiger partial charge < -0.3 is 14.6 Å². The molecule has 1 aromatic carbocycles. The van der Waals surface area contributed by atoms with Crippen molar-refractivity contribution in [1.29, 1.82) is 0 Å². The monoisotopic (exact) mass is 251 g/mol. The first kappa shape index (κ1) is 12.9. The molecular weight excluding hydrogens is 234 g/mol. The van der Waals surface area contributed by atoms with Gasteiger partial charge in [0.25, 0.3) is 0 Å². The molecule has 5 heteroatoms. The van der Waals surface area contributed by atoms with Gasteiger partial charge in [-0.15, -0.1) is 0 Å². The molecule has 18 heavy (non-hydrogen) atoms. The quantitative estimate of drug-likeness (QED) is 0.872. The number of morpholine rings is 1. The zero-order valence-corrected chi connectivity index (χ0v) is 10.4. The Morgan fingerprint density at radius 1 is 1.44 bits per heavy atom. The van der Waals surface area contributed by atoms with E-state index in [0.717, 1.165) is 38.4 Å². The Labute approximate surface area is 106 Å². The molecule has 1 aliphatic rings. The van der Waals surface area contributed by atoms with Gasteiger partial charge in [-0.25, -0.2) is 4.79 Å². The molecule has 1 aliphatic heterocycles. The van der Waals surface area contributed by atoms with E-state index in [9.17, 15) is 4.79 Å². The second-order valence-corrected chi connectivity index (χ2v) is 4.23. The van der Waals surface area contributed by atoms with E-state index < -0.39 is 5.97 Å². The number of carbonyl (C=O) groups is 1. The highest BCUT2D eigenvalue weighted by Crippen LogP contribution is 2.21. The number of methoxy groups -OCH3 is 1. The van der Waals surface area contributed by atoms with Crippen molar-refractivity contribution in [2.75, 3.05) is 33.4 Å². The number of carboxylic acids is 1. The number of benzene rings is 1. The Bertz CT molecular complexity index is 427. The van der Waals surface area contributed by atoms with Crippen molar-refractivity contribution >= 4 is 5.97 Å². The highest BCUT2D eigenvalue weighted by molar-refractivity contribution is 5.91. The minimum Gasteiger partial charge on any atom is -0.496 e. The van der Waals surface area contributed by atoms with E-state index in [1.54, 1.807) is 12.1 Å². The van der Waals surface area contributed by atoms with Crippen LogP contribution in [0.1, 0.15) is 15.9 Å². The van der Waals surface area contributed by atoms with Crippen LogP contribution in [0.3, 0.4) is 0 Å². The Hall–Kier alpha value is -1.59. The van der Waals surface area contributed by atoms with Crippen molar-refractivity contribution in [2.24, 2.45) is 0 Å². The average molecular weight is 251 g/mol. The topological polar surface area (TPSA) is 59.0 Å². The minimum absolute atomic E-state index is 0.211. The summed E-state index contributed by atoms with van der Waals surface area (Å²) in [5.74, 6) is -0.566. The normalized spacial score (nSPS) is 16.5. The maximum Gasteiger partial charge on any atom is 0.339 e. The van der Waals surface area contributed by atoms with Crippen molar-refractivity contribution in [3.63, 3.8) is 0 Å². The van der Waals surface area contributed by atoms with E-state index >= 15 is 0 Å². The Kier molecular flexibility index (Phi) is 4.17. The van der Waals surface area contributed by atoms with Crippen LogP contribution < -0.4 is 4.74 Å². The molecule has 1 saturated heterocycles. The zero-order valence-electron chi connectivity index (χ0n) is 10.4. The van der Waals surface area contributed by atoms with Crippen molar-refractivity contribution in [1.82, 2.24) is 4.90 Å². The third-order valence-corrected chi connectivity index (χ3v) is 3.00. The molecule has 2 rings (SSSR count). The smallest absolute Gasteiger partial charge is 0.339 e. The maximum absolute atomic E-state index is 11.1. The first-order chi connectivity index (χ1) is 8.70. The molecular formula is C13H17NO4. The number of hydrogen-bond acceptors (Lipinski definition) is 4. The molecule has 0 aromatic heterocycles. The molecule has 5 nitrogen and oxygen atoms in total. The molecule has 1 aromatic rings. The highest BCUT2D eigenvalue weighted by Gasteiger charge is 2.14. The summed E-state index contributed by atoms with van der Waals surface area (Å²) in [6, 6.07) is 5.29. The summed E-state index contributed by atoms with van der Waals surface area (Å²) in [6.45, 7) is 3.99. The molecule has 1 N–H and O–H groups in total. The van der Waals surface area contributed by atoms with Gasteiger partial charge in [-0.1, -0.05) is 6.07 Å². The Morgan fingerprint density at radius 2 is 2.17 bits per heavy atom. The number of rotatable bonds is 4. The lowest BCUT2D eigenvalue weighted by Crippen LogP contribution is -2.35. The van der Waals surface area contributed by atoms with Crippen LogP contribution in [0.25, 0.3) is 0 Å². The number of ether oxygens (including phenoxy) is 2. The number of carboxylic acid groups (broad SMARTS) is 1. The summed E-state index contributed by atoms with van der Waals surface area (Å²) in [6.07, 6.45) is 0. The van der Waals surface area contributed by atoms with Gasteiger partial charge >= 0.3 is 5.97 Å². The Morgan fingerprint density at radius 3 is 2.78 bits per heavy atom. The predicted molar refractivity (Wildman–Crippen MR) is 66.0 cm³/mol. The SMILES string of the molecule is COc1ccc(CN2CCOCC2)cc1C(=O)O. The third kappa shape index (κ3) is 3.00. The second kappa shape index (κ2) is 5.84. The lowest BCUT2D eigenvalue weighted by Gasteiger charge is -2.26. The van der Waals surface area contributed by atoms with E-state index in [2.05, 4.69) is 4.90 Å². The maximum atomic E-state index is 11.1. The van der Waals surface area contributed by atoms with Gasteiger partial charge in [0.1, 0.15) is 11.3 Å². The summed E-state index contributed by atoms with van der Waals surface area (Å²) >= 11 is 0. The van der Waals surface area contributed by atoms with E-state index in [0.29, 0.717) is 5.75 Å². The van der Waals surface area contributed by atoms with Crippen molar-refractivity contribution in [3.05, 3.63) is 29.3 Å². The average Bonchev–Trinajstić information content (AvgIpc) is 2.40. The first-order valence-corrected chi connectivity index (χ1v) is 5.91. The molecule has 0 saturated carbocycles. The lowest BCUT2D eigenvalue weighted by molar-refractivity contribution is 0.0341. The molecule has 0 aliphatic carbocycles. The number of hydrogen-bond donors (Lipinski definition) is 1. The molecule has 0 amide bonds. The van der Waals surface area contributed by atoms with Crippen LogP contribution in [0.15, 0.2) is 18.2 Å². The van der Waals surface area contributed by atoms with Gasteiger partial charge in [-0.2, -0.15) is 0 Å². The summed E-state index contributed by atoms with van der Waals surface area (Å²) in [5, 5.41) is 9.11. The van der Waals surface area contributed by atoms with Crippen LogP contribution >= 0.6 is 0 Å². The minimum atomic E-state index is -0.962. The molecule has 0 unspecified atom stereocenters. The van der Waals surface area contributed by atoms with E-state index in [-0.39, 0.29) is 5.56 Å². The molecule has 0 bridgehead atoms. The molecule has 0 radical (unpaired) electrons. The van der Waals surface area contributed by atoms with E-state index in [1.165, 1.54) is 7.11 Å². The summed E-state index contributed by atoms with van der Waals surface area (Å²) < 4.78 is 10.3. The van der Waals surface area contributed by atoms with Crippen LogP contribution in [-0.4, -0.2) is 49.4 Å². The summed E-state index contributed by atoms with van der Waals surface area (Å²) in [4.78, 5) is 13.4. The van der Waals surface area contributed by atoms with Gasteiger partial charge in [0, 0.05) is 19.6 Å².